The minimum Gasteiger partial charge on any atom is -0.487 e. The molecular weight excluding hydrogens is 463 g/mol. The van der Waals surface area contributed by atoms with Crippen LogP contribution in [0.5, 0.6) is 5.75 Å². The van der Waals surface area contributed by atoms with Crippen LogP contribution in [0.1, 0.15) is 16.7 Å². The van der Waals surface area contributed by atoms with Gasteiger partial charge >= 0.3 is 0 Å². The monoisotopic (exact) mass is 486 g/mol. The molecule has 0 aliphatic heterocycles. The molecule has 0 radical (unpaired) electrons. The van der Waals surface area contributed by atoms with Crippen LogP contribution in [0, 0.1) is 0 Å². The van der Waals surface area contributed by atoms with E-state index in [9.17, 15) is 0 Å². The summed E-state index contributed by atoms with van der Waals surface area (Å²) < 4.78 is 8.30. The molecule has 0 unspecified atom stereocenters. The number of ether oxygens (including phenoxy) is 1. The van der Waals surface area contributed by atoms with Gasteiger partial charge in [0.1, 0.15) is 12.4 Å². The molecule has 1 aromatic heterocycles. The van der Waals surface area contributed by atoms with Gasteiger partial charge in [-0.05, 0) is 61.5 Å². The zero-order valence-corrected chi connectivity index (χ0v) is 20.4. The summed E-state index contributed by atoms with van der Waals surface area (Å²) in [6.07, 6.45) is 3.13. The van der Waals surface area contributed by atoms with Crippen LogP contribution >= 0.6 is 34.8 Å². The van der Waals surface area contributed by atoms with Gasteiger partial charge in [0.05, 0.1) is 20.6 Å². The van der Waals surface area contributed by atoms with Crippen LogP contribution in [-0.4, -0.2) is 30.1 Å². The number of fused-ring (bicyclic) bond motifs is 1. The first-order chi connectivity index (χ1) is 15.4. The molecule has 1 heterocycles. The number of halogens is 3. The van der Waals surface area contributed by atoms with E-state index in [1.165, 1.54) is 5.56 Å². The van der Waals surface area contributed by atoms with E-state index in [-0.39, 0.29) is 0 Å². The van der Waals surface area contributed by atoms with Crippen molar-refractivity contribution < 1.29 is 4.74 Å². The van der Waals surface area contributed by atoms with Gasteiger partial charge in [0.15, 0.2) is 0 Å². The Labute approximate surface area is 204 Å². The molecule has 166 valence electrons. The fourth-order valence-corrected chi connectivity index (χ4v) is 4.25. The quantitative estimate of drug-likeness (QED) is 0.259. The lowest BCUT2D eigenvalue weighted by molar-refractivity contribution is 0.307. The second-order valence-corrected chi connectivity index (χ2v) is 9.38. The van der Waals surface area contributed by atoms with Gasteiger partial charge in [-0.3, -0.25) is 0 Å². The first-order valence-corrected chi connectivity index (χ1v) is 11.6. The Hall–Kier alpha value is -2.17. The van der Waals surface area contributed by atoms with E-state index in [2.05, 4.69) is 35.8 Å². The highest BCUT2D eigenvalue weighted by molar-refractivity contribution is 6.42. The Morgan fingerprint density at radius 2 is 1.62 bits per heavy atom. The van der Waals surface area contributed by atoms with Crippen molar-refractivity contribution in [2.45, 2.75) is 19.6 Å². The van der Waals surface area contributed by atoms with Crippen molar-refractivity contribution in [3.63, 3.8) is 0 Å². The minimum absolute atomic E-state index is 0.475. The molecule has 0 aliphatic rings. The summed E-state index contributed by atoms with van der Waals surface area (Å²) in [4.78, 5) is 2.19. The van der Waals surface area contributed by atoms with Crippen molar-refractivity contribution >= 4 is 45.7 Å². The van der Waals surface area contributed by atoms with E-state index < -0.39 is 0 Å². The summed E-state index contributed by atoms with van der Waals surface area (Å²) in [6, 6.07) is 19.9. The molecule has 6 heteroatoms. The molecule has 0 aliphatic carbocycles. The molecule has 0 fully saturated rings. The zero-order valence-electron chi connectivity index (χ0n) is 18.1. The summed E-state index contributed by atoms with van der Waals surface area (Å²) in [6.45, 7) is 2.10. The second-order valence-electron chi connectivity index (χ2n) is 8.16. The van der Waals surface area contributed by atoms with Crippen LogP contribution in [0.4, 0.5) is 0 Å². The smallest absolute Gasteiger partial charge is 0.139 e. The lowest BCUT2D eigenvalue weighted by Crippen LogP contribution is -2.14. The number of nitrogens with zero attached hydrogens (tertiary/aromatic N) is 2. The molecule has 3 aromatic carbocycles. The van der Waals surface area contributed by atoms with Crippen LogP contribution in [0.25, 0.3) is 10.9 Å². The maximum absolute atomic E-state index is 6.64. The second kappa shape index (κ2) is 10.2. The van der Waals surface area contributed by atoms with Gasteiger partial charge in [0, 0.05) is 24.7 Å². The predicted octanol–water partition coefficient (Wildman–Crippen LogP) is 7.33. The van der Waals surface area contributed by atoms with Gasteiger partial charge in [-0.2, -0.15) is 0 Å². The lowest BCUT2D eigenvalue weighted by atomic mass is 10.1. The molecule has 0 N–H and O–H groups in total. The highest BCUT2D eigenvalue weighted by atomic mass is 35.5. The Morgan fingerprint density at radius 3 is 2.34 bits per heavy atom. The molecule has 0 atom stereocenters. The Bertz CT molecular complexity index is 1220. The zero-order chi connectivity index (χ0) is 22.7. The van der Waals surface area contributed by atoms with E-state index in [1.807, 2.05) is 54.6 Å². The van der Waals surface area contributed by atoms with Gasteiger partial charge in [0.25, 0.3) is 0 Å². The molecule has 0 bridgehead atoms. The third kappa shape index (κ3) is 5.41. The molecule has 3 nitrogen and oxygen atoms in total. The van der Waals surface area contributed by atoms with Crippen molar-refractivity contribution in [2.75, 3.05) is 20.6 Å². The van der Waals surface area contributed by atoms with Gasteiger partial charge in [-0.1, -0.05) is 71.2 Å². The van der Waals surface area contributed by atoms with Crippen molar-refractivity contribution in [3.8, 4) is 5.75 Å². The Morgan fingerprint density at radius 1 is 0.844 bits per heavy atom. The van der Waals surface area contributed by atoms with E-state index in [0.29, 0.717) is 34.0 Å². The van der Waals surface area contributed by atoms with Crippen molar-refractivity contribution in [2.24, 2.45) is 0 Å². The number of hydrogen-bond donors (Lipinski definition) is 0. The number of likely N-dealkylation sites (N-methyl/N-ethyl adjacent to an activating group) is 1. The van der Waals surface area contributed by atoms with Gasteiger partial charge in [-0.15, -0.1) is 0 Å². The van der Waals surface area contributed by atoms with Crippen LogP contribution in [-0.2, 0) is 19.6 Å². The lowest BCUT2D eigenvalue weighted by Gasteiger charge is -2.11. The number of rotatable bonds is 8. The molecule has 4 aromatic rings. The van der Waals surface area contributed by atoms with E-state index in [1.54, 1.807) is 0 Å². The summed E-state index contributed by atoms with van der Waals surface area (Å²) in [5, 5.41) is 2.87. The average molecular weight is 488 g/mol. The molecule has 0 amide bonds. The van der Waals surface area contributed by atoms with Crippen LogP contribution < -0.4 is 4.74 Å². The third-order valence-electron chi connectivity index (χ3n) is 5.42. The van der Waals surface area contributed by atoms with Crippen LogP contribution in [0.3, 0.4) is 0 Å². The van der Waals surface area contributed by atoms with E-state index in [4.69, 9.17) is 39.5 Å². The highest BCUT2D eigenvalue weighted by Gasteiger charge is 2.14. The summed E-state index contributed by atoms with van der Waals surface area (Å²) in [7, 11) is 4.17. The first kappa shape index (κ1) is 23.0. The maximum atomic E-state index is 6.64. The normalized spacial score (nSPS) is 11.4. The maximum Gasteiger partial charge on any atom is 0.139 e. The van der Waals surface area contributed by atoms with Gasteiger partial charge in [-0.25, -0.2) is 0 Å². The molecular formula is C26H25Cl3N2O. The van der Waals surface area contributed by atoms with Crippen LogP contribution in [0.15, 0.2) is 66.9 Å². The summed E-state index contributed by atoms with van der Waals surface area (Å²) in [5.41, 5.74) is 4.52. The Kier molecular flexibility index (Phi) is 7.32. The SMILES string of the molecule is CN(C)CCc1cn(Cc2ccc(Cl)c(Cl)c2)c2cc(Cl)c(OCc3ccccc3)cc12. The summed E-state index contributed by atoms with van der Waals surface area (Å²) >= 11 is 19.0. The topological polar surface area (TPSA) is 17.4 Å². The largest absolute Gasteiger partial charge is 0.487 e. The number of benzene rings is 3. The molecule has 32 heavy (non-hydrogen) atoms. The summed E-state index contributed by atoms with van der Waals surface area (Å²) in [5.74, 6) is 0.696. The van der Waals surface area contributed by atoms with Crippen molar-refractivity contribution in [1.29, 1.82) is 0 Å². The number of hydrogen-bond acceptors (Lipinski definition) is 2. The van der Waals surface area contributed by atoms with E-state index in [0.717, 1.165) is 35.0 Å². The van der Waals surface area contributed by atoms with Gasteiger partial charge in [0.2, 0.25) is 0 Å². The number of aromatic nitrogens is 1. The third-order valence-corrected chi connectivity index (χ3v) is 6.45. The molecule has 4 rings (SSSR count). The molecule has 0 saturated heterocycles. The van der Waals surface area contributed by atoms with Crippen molar-refractivity contribution in [3.05, 3.63) is 98.6 Å². The standard InChI is InChI=1S/C26H25Cl3N2O/c1-30(2)11-10-20-16-31(15-19-8-9-22(27)23(28)12-19)25-14-24(29)26(13-21(20)25)32-17-18-6-4-3-5-7-18/h3-9,12-14,16H,10-11,15,17H2,1-2H3. The fourth-order valence-electron chi connectivity index (χ4n) is 3.72. The Balaban J connectivity index is 1.69. The minimum atomic E-state index is 0.475. The first-order valence-electron chi connectivity index (χ1n) is 10.5. The predicted molar refractivity (Wildman–Crippen MR) is 136 cm³/mol. The average Bonchev–Trinajstić information content (AvgIpc) is 3.10. The van der Waals surface area contributed by atoms with Gasteiger partial charge < -0.3 is 14.2 Å². The molecule has 0 saturated carbocycles. The highest BCUT2D eigenvalue weighted by Crippen LogP contribution is 2.34. The van der Waals surface area contributed by atoms with Crippen LogP contribution in [0.2, 0.25) is 15.1 Å². The van der Waals surface area contributed by atoms with E-state index >= 15 is 0 Å². The van der Waals surface area contributed by atoms with Crippen molar-refractivity contribution in [1.82, 2.24) is 9.47 Å². The fraction of sp³-hybridized carbons (Fsp3) is 0.231. The molecule has 0 spiro atoms.